The molecule has 39 heavy (non-hydrogen) atoms. The van der Waals surface area contributed by atoms with Crippen LogP contribution in [0, 0.1) is 0 Å². The number of aromatic nitrogens is 4. The van der Waals surface area contributed by atoms with E-state index in [2.05, 4.69) is 40.0 Å². The molecule has 3 aromatic heterocycles. The van der Waals surface area contributed by atoms with Crippen molar-refractivity contribution >= 4 is 62.7 Å². The first-order chi connectivity index (χ1) is 18.5. The number of fused-ring (bicyclic) bond motifs is 2. The molecule has 0 radical (unpaired) electrons. The van der Waals surface area contributed by atoms with Gasteiger partial charge in [0.05, 0.1) is 27.3 Å². The molecule has 5 aromatic rings. The Morgan fingerprint density at radius 2 is 1.77 bits per heavy atom. The third-order valence-corrected chi connectivity index (χ3v) is 9.67. The van der Waals surface area contributed by atoms with Crippen LogP contribution in [0.5, 0.6) is 0 Å². The van der Waals surface area contributed by atoms with Gasteiger partial charge in [-0.1, -0.05) is 31.2 Å². The molecule has 8 nitrogen and oxygen atoms in total. The van der Waals surface area contributed by atoms with Gasteiger partial charge in [-0.2, -0.15) is 5.10 Å². The third kappa shape index (κ3) is 6.14. The van der Waals surface area contributed by atoms with Gasteiger partial charge < -0.3 is 10.1 Å². The largest absolute Gasteiger partial charge is 0.360 e. The Labute approximate surface area is 233 Å². The number of sulfone groups is 1. The van der Waals surface area contributed by atoms with Crippen molar-refractivity contribution in [1.29, 1.82) is 0 Å². The zero-order chi connectivity index (χ0) is 27.8. The van der Waals surface area contributed by atoms with E-state index in [0.29, 0.717) is 17.6 Å². The molecule has 0 saturated heterocycles. The van der Waals surface area contributed by atoms with Gasteiger partial charge in [-0.15, -0.1) is 0 Å². The number of benzene rings is 2. The predicted molar refractivity (Wildman–Crippen MR) is 160 cm³/mol. The molecular formula is C28H30ClN5O3SSi. The number of hydrogen-bond donors (Lipinski definition) is 1. The summed E-state index contributed by atoms with van der Waals surface area (Å²) in [6.07, 6.45) is 6.47. The van der Waals surface area contributed by atoms with E-state index < -0.39 is 17.9 Å². The highest BCUT2D eigenvalue weighted by atomic mass is 35.5. The van der Waals surface area contributed by atoms with Crippen molar-refractivity contribution in [3.8, 4) is 11.3 Å². The Bertz CT molecular complexity index is 1770. The number of hydrogen-bond acceptors (Lipinski definition) is 7. The molecule has 0 aliphatic heterocycles. The van der Waals surface area contributed by atoms with E-state index in [0.717, 1.165) is 51.3 Å². The van der Waals surface area contributed by atoms with Crippen LogP contribution in [-0.4, -0.2) is 49.1 Å². The van der Waals surface area contributed by atoms with Gasteiger partial charge >= 0.3 is 0 Å². The zero-order valence-corrected chi connectivity index (χ0v) is 24.8. The lowest BCUT2D eigenvalue weighted by Gasteiger charge is -2.15. The van der Waals surface area contributed by atoms with Crippen molar-refractivity contribution in [3.05, 3.63) is 72.1 Å². The number of rotatable bonds is 9. The van der Waals surface area contributed by atoms with Crippen LogP contribution in [0.2, 0.25) is 30.7 Å². The molecule has 0 amide bonds. The lowest BCUT2D eigenvalue weighted by atomic mass is 10.0. The van der Waals surface area contributed by atoms with Crippen molar-refractivity contribution < 1.29 is 13.2 Å². The first-order valence-electron chi connectivity index (χ1n) is 12.5. The predicted octanol–water partition coefficient (Wildman–Crippen LogP) is 6.76. The maximum absolute atomic E-state index is 11.8. The summed E-state index contributed by atoms with van der Waals surface area (Å²) < 4.78 is 31.2. The fraction of sp³-hybridized carbons (Fsp3) is 0.250. The SMILES string of the molecule is C[Si](C)(C)CCOCn1ncc2c(Cl)c(-c3nccc4cnc(Nc5ccc(S(C)(=O)=O)cc5)cc34)ccc21. The van der Waals surface area contributed by atoms with Crippen molar-refractivity contribution in [2.75, 3.05) is 18.2 Å². The zero-order valence-electron chi connectivity index (χ0n) is 22.3. The molecule has 0 bridgehead atoms. The number of pyridine rings is 2. The number of nitrogens with one attached hydrogen (secondary N) is 1. The molecule has 202 valence electrons. The monoisotopic (exact) mass is 579 g/mol. The van der Waals surface area contributed by atoms with Crippen LogP contribution in [0.4, 0.5) is 11.5 Å². The van der Waals surface area contributed by atoms with E-state index in [1.807, 2.05) is 28.9 Å². The quantitative estimate of drug-likeness (QED) is 0.152. The molecule has 3 heterocycles. The van der Waals surface area contributed by atoms with E-state index in [-0.39, 0.29) is 4.90 Å². The Hall–Kier alpha value is -3.31. The molecule has 0 fully saturated rings. The second kappa shape index (κ2) is 10.7. The number of ether oxygens (including phenoxy) is 1. The lowest BCUT2D eigenvalue weighted by Crippen LogP contribution is -2.22. The second-order valence-electron chi connectivity index (χ2n) is 10.7. The van der Waals surface area contributed by atoms with E-state index in [4.69, 9.17) is 16.3 Å². The Balaban J connectivity index is 1.44. The lowest BCUT2D eigenvalue weighted by molar-refractivity contribution is 0.0817. The highest BCUT2D eigenvalue weighted by Crippen LogP contribution is 2.37. The van der Waals surface area contributed by atoms with Crippen LogP contribution in [-0.2, 0) is 21.3 Å². The van der Waals surface area contributed by atoms with Gasteiger partial charge in [0.25, 0.3) is 0 Å². The highest BCUT2D eigenvalue weighted by Gasteiger charge is 2.16. The summed E-state index contributed by atoms with van der Waals surface area (Å²) in [6, 6.07) is 15.4. The second-order valence-corrected chi connectivity index (χ2v) is 18.7. The molecule has 2 aromatic carbocycles. The fourth-order valence-electron chi connectivity index (χ4n) is 4.22. The molecule has 1 N–H and O–H groups in total. The minimum absolute atomic E-state index is 0.262. The summed E-state index contributed by atoms with van der Waals surface area (Å²) in [4.78, 5) is 9.45. The van der Waals surface area contributed by atoms with Crippen LogP contribution < -0.4 is 5.32 Å². The van der Waals surface area contributed by atoms with Crippen molar-refractivity contribution in [3.63, 3.8) is 0 Å². The Morgan fingerprint density at radius 3 is 2.49 bits per heavy atom. The Morgan fingerprint density at radius 1 is 1.00 bits per heavy atom. The van der Waals surface area contributed by atoms with E-state index in [1.54, 1.807) is 42.9 Å². The van der Waals surface area contributed by atoms with Gasteiger partial charge in [-0.25, -0.2) is 18.1 Å². The summed E-state index contributed by atoms with van der Waals surface area (Å²) in [5, 5.41) is 11.0. The first-order valence-corrected chi connectivity index (χ1v) is 18.5. The van der Waals surface area contributed by atoms with E-state index >= 15 is 0 Å². The summed E-state index contributed by atoms with van der Waals surface area (Å²) >= 11 is 6.92. The highest BCUT2D eigenvalue weighted by molar-refractivity contribution is 7.90. The minimum atomic E-state index is -3.26. The number of halogens is 1. The van der Waals surface area contributed by atoms with E-state index in [9.17, 15) is 8.42 Å². The fourth-order valence-corrected chi connectivity index (χ4v) is 5.90. The standard InChI is InChI=1S/C28H30ClN5O3SSi/c1-38(35,36)21-7-5-20(6-8-21)33-26-15-23-19(16-31-26)11-12-30-28(23)22-9-10-25-24(27(22)29)17-32-34(25)18-37-13-14-39(2,3)4/h5-12,15-17H,13-14,18H2,1-4H3,(H,31,33). The van der Waals surface area contributed by atoms with Crippen molar-refractivity contribution in [2.45, 2.75) is 37.3 Å². The summed E-state index contributed by atoms with van der Waals surface area (Å²) in [7, 11) is -4.42. The van der Waals surface area contributed by atoms with Crippen LogP contribution in [0.15, 0.2) is 72.0 Å². The molecule has 5 rings (SSSR count). The van der Waals surface area contributed by atoms with Gasteiger partial charge in [0, 0.05) is 60.7 Å². The molecule has 11 heteroatoms. The smallest absolute Gasteiger partial charge is 0.175 e. The van der Waals surface area contributed by atoms with Gasteiger partial charge in [-0.05, 0) is 54.6 Å². The summed E-state index contributed by atoms with van der Waals surface area (Å²) in [5.74, 6) is 0.601. The average molecular weight is 580 g/mol. The summed E-state index contributed by atoms with van der Waals surface area (Å²) in [6.45, 7) is 8.08. The van der Waals surface area contributed by atoms with Crippen LogP contribution >= 0.6 is 11.6 Å². The molecule has 0 aliphatic carbocycles. The van der Waals surface area contributed by atoms with Gasteiger partial charge in [0.1, 0.15) is 12.5 Å². The normalized spacial score (nSPS) is 12.3. The Kier molecular flexibility index (Phi) is 7.47. The van der Waals surface area contributed by atoms with E-state index in [1.165, 1.54) is 6.26 Å². The van der Waals surface area contributed by atoms with Crippen LogP contribution in [0.3, 0.4) is 0 Å². The molecular weight excluding hydrogens is 550 g/mol. The molecule has 0 unspecified atom stereocenters. The maximum atomic E-state index is 11.8. The van der Waals surface area contributed by atoms with Gasteiger partial charge in [0.15, 0.2) is 9.84 Å². The van der Waals surface area contributed by atoms with Gasteiger partial charge in [-0.3, -0.25) is 4.98 Å². The topological polar surface area (TPSA) is 99.0 Å². The van der Waals surface area contributed by atoms with Crippen LogP contribution in [0.25, 0.3) is 32.9 Å². The average Bonchev–Trinajstić information content (AvgIpc) is 3.30. The number of nitrogens with zero attached hydrogens (tertiary/aromatic N) is 4. The van der Waals surface area contributed by atoms with Crippen molar-refractivity contribution in [2.24, 2.45) is 0 Å². The first kappa shape index (κ1) is 27.3. The van der Waals surface area contributed by atoms with Crippen molar-refractivity contribution in [1.82, 2.24) is 19.7 Å². The van der Waals surface area contributed by atoms with Gasteiger partial charge in [0.2, 0.25) is 0 Å². The maximum Gasteiger partial charge on any atom is 0.175 e. The van der Waals surface area contributed by atoms with Crippen LogP contribution in [0.1, 0.15) is 0 Å². The minimum Gasteiger partial charge on any atom is -0.360 e. The summed E-state index contributed by atoms with van der Waals surface area (Å²) in [5.41, 5.74) is 3.15. The molecule has 0 atom stereocenters. The third-order valence-electron chi connectivity index (χ3n) is 6.43. The molecule has 0 saturated carbocycles. The number of anilines is 2. The molecule has 0 aliphatic rings. The molecule has 0 spiro atoms.